The minimum Gasteiger partial charge on any atom is -0.312 e. The number of nitrogens with one attached hydrogen (secondary N) is 2. The maximum Gasteiger partial charge on any atom is 0.240 e. The van der Waals surface area contributed by atoms with Crippen molar-refractivity contribution < 1.29 is 8.42 Å². The third-order valence-electron chi connectivity index (χ3n) is 4.19. The number of aryl methyl sites for hydroxylation is 1. The normalized spacial score (nSPS) is 22.6. The van der Waals surface area contributed by atoms with Crippen LogP contribution in [-0.2, 0) is 10.0 Å². The first-order valence-corrected chi connectivity index (χ1v) is 8.60. The average molecular weight is 296 g/mol. The highest BCUT2D eigenvalue weighted by molar-refractivity contribution is 7.89. The van der Waals surface area contributed by atoms with E-state index in [0.717, 1.165) is 24.9 Å². The summed E-state index contributed by atoms with van der Waals surface area (Å²) in [5.41, 5.74) is 0.892. The highest BCUT2D eigenvalue weighted by Gasteiger charge is 2.32. The molecule has 0 spiro atoms. The molecule has 0 bridgehead atoms. The SMILES string of the molecule is Cc1ccccc1S(=O)(=O)NCC1NCCCC1(C)C. The van der Waals surface area contributed by atoms with Gasteiger partial charge in [0.15, 0.2) is 0 Å². The summed E-state index contributed by atoms with van der Waals surface area (Å²) in [7, 11) is -3.43. The van der Waals surface area contributed by atoms with Crippen LogP contribution in [0.5, 0.6) is 0 Å². The molecule has 1 aromatic rings. The Morgan fingerprint density at radius 2 is 2.05 bits per heavy atom. The molecule has 2 rings (SSSR count). The number of benzene rings is 1. The standard InChI is InChI=1S/C15H24N2O2S/c1-12-7-4-5-8-13(12)20(18,19)17-11-14-15(2,3)9-6-10-16-14/h4-5,7-8,14,16-17H,6,9-11H2,1-3H3. The lowest BCUT2D eigenvalue weighted by Crippen LogP contribution is -2.52. The van der Waals surface area contributed by atoms with E-state index < -0.39 is 10.0 Å². The van der Waals surface area contributed by atoms with Gasteiger partial charge in [0.2, 0.25) is 10.0 Å². The van der Waals surface area contributed by atoms with Gasteiger partial charge in [0, 0.05) is 12.6 Å². The van der Waals surface area contributed by atoms with Crippen molar-refractivity contribution >= 4 is 10.0 Å². The van der Waals surface area contributed by atoms with Crippen LogP contribution in [-0.4, -0.2) is 27.5 Å². The smallest absolute Gasteiger partial charge is 0.240 e. The fourth-order valence-electron chi connectivity index (χ4n) is 2.75. The van der Waals surface area contributed by atoms with Gasteiger partial charge in [-0.25, -0.2) is 13.1 Å². The summed E-state index contributed by atoms with van der Waals surface area (Å²) >= 11 is 0. The third-order valence-corrected chi connectivity index (χ3v) is 5.78. The van der Waals surface area contributed by atoms with Gasteiger partial charge in [0.25, 0.3) is 0 Å². The number of sulfonamides is 1. The Bertz CT molecular complexity index is 567. The van der Waals surface area contributed by atoms with Gasteiger partial charge in [0.1, 0.15) is 0 Å². The molecule has 1 heterocycles. The van der Waals surface area contributed by atoms with E-state index in [4.69, 9.17) is 0 Å². The molecular formula is C15H24N2O2S. The van der Waals surface area contributed by atoms with Gasteiger partial charge in [-0.05, 0) is 43.4 Å². The van der Waals surface area contributed by atoms with Crippen LogP contribution in [0.15, 0.2) is 29.2 Å². The van der Waals surface area contributed by atoms with Crippen molar-refractivity contribution in [2.45, 2.75) is 44.6 Å². The molecule has 1 aliphatic heterocycles. The van der Waals surface area contributed by atoms with E-state index in [1.165, 1.54) is 0 Å². The summed E-state index contributed by atoms with van der Waals surface area (Å²) < 4.78 is 27.5. The zero-order valence-corrected chi connectivity index (χ0v) is 13.3. The largest absolute Gasteiger partial charge is 0.312 e. The summed E-state index contributed by atoms with van der Waals surface area (Å²) in [5.74, 6) is 0. The first-order valence-electron chi connectivity index (χ1n) is 7.12. The highest BCUT2D eigenvalue weighted by atomic mass is 32.2. The number of hydrogen-bond donors (Lipinski definition) is 2. The Labute approximate surface area is 122 Å². The molecule has 1 aromatic carbocycles. The number of piperidine rings is 1. The minimum atomic E-state index is -3.43. The van der Waals surface area contributed by atoms with Gasteiger partial charge in [-0.2, -0.15) is 0 Å². The van der Waals surface area contributed by atoms with E-state index in [0.29, 0.717) is 11.4 Å². The summed E-state index contributed by atoms with van der Waals surface area (Å²) in [6, 6.07) is 7.24. The van der Waals surface area contributed by atoms with Crippen molar-refractivity contribution in [1.29, 1.82) is 0 Å². The van der Waals surface area contributed by atoms with Gasteiger partial charge in [0.05, 0.1) is 4.90 Å². The second-order valence-corrected chi connectivity index (χ2v) is 7.95. The van der Waals surface area contributed by atoms with Gasteiger partial charge in [-0.1, -0.05) is 32.0 Å². The Morgan fingerprint density at radius 3 is 2.70 bits per heavy atom. The monoisotopic (exact) mass is 296 g/mol. The molecule has 1 saturated heterocycles. The topological polar surface area (TPSA) is 58.2 Å². The van der Waals surface area contributed by atoms with Crippen molar-refractivity contribution in [3.8, 4) is 0 Å². The van der Waals surface area contributed by atoms with Gasteiger partial charge in [-0.3, -0.25) is 0 Å². The molecule has 112 valence electrons. The molecule has 0 aromatic heterocycles. The predicted octanol–water partition coefficient (Wildman–Crippen LogP) is 2.05. The second-order valence-electron chi connectivity index (χ2n) is 6.22. The van der Waals surface area contributed by atoms with E-state index in [1.807, 2.05) is 19.1 Å². The molecule has 20 heavy (non-hydrogen) atoms. The summed E-state index contributed by atoms with van der Waals surface area (Å²) in [5, 5.41) is 3.42. The molecule has 0 radical (unpaired) electrons. The van der Waals surface area contributed by atoms with Crippen molar-refractivity contribution in [1.82, 2.24) is 10.0 Å². The number of hydrogen-bond acceptors (Lipinski definition) is 3. The van der Waals surface area contributed by atoms with E-state index >= 15 is 0 Å². The molecule has 0 saturated carbocycles. The van der Waals surface area contributed by atoms with Crippen LogP contribution >= 0.6 is 0 Å². The molecule has 1 unspecified atom stereocenters. The summed E-state index contributed by atoms with van der Waals surface area (Å²) in [4.78, 5) is 0.369. The van der Waals surface area contributed by atoms with Crippen LogP contribution < -0.4 is 10.0 Å². The fraction of sp³-hybridized carbons (Fsp3) is 0.600. The lowest BCUT2D eigenvalue weighted by atomic mass is 9.78. The second kappa shape index (κ2) is 5.84. The van der Waals surface area contributed by atoms with Crippen LogP contribution in [0.4, 0.5) is 0 Å². The van der Waals surface area contributed by atoms with Crippen LogP contribution in [0.1, 0.15) is 32.3 Å². The first kappa shape index (κ1) is 15.5. The Kier molecular flexibility index (Phi) is 4.52. The van der Waals surface area contributed by atoms with Crippen LogP contribution in [0.2, 0.25) is 0 Å². The van der Waals surface area contributed by atoms with Gasteiger partial charge in [-0.15, -0.1) is 0 Å². The molecule has 1 atom stereocenters. The maximum atomic E-state index is 12.4. The molecule has 4 nitrogen and oxygen atoms in total. The molecule has 0 aliphatic carbocycles. The molecule has 1 aliphatic rings. The van der Waals surface area contributed by atoms with Gasteiger partial charge >= 0.3 is 0 Å². The lowest BCUT2D eigenvalue weighted by Gasteiger charge is -2.39. The van der Waals surface area contributed by atoms with Crippen molar-refractivity contribution in [3.05, 3.63) is 29.8 Å². The molecule has 0 amide bonds. The predicted molar refractivity (Wildman–Crippen MR) is 81.2 cm³/mol. The van der Waals surface area contributed by atoms with Crippen molar-refractivity contribution in [3.63, 3.8) is 0 Å². The van der Waals surface area contributed by atoms with Crippen LogP contribution in [0.3, 0.4) is 0 Å². The summed E-state index contributed by atoms with van der Waals surface area (Å²) in [6.07, 6.45) is 2.27. The quantitative estimate of drug-likeness (QED) is 0.894. The average Bonchev–Trinajstić information content (AvgIpc) is 2.37. The van der Waals surface area contributed by atoms with Crippen LogP contribution in [0.25, 0.3) is 0 Å². The molecular weight excluding hydrogens is 272 g/mol. The lowest BCUT2D eigenvalue weighted by molar-refractivity contribution is 0.181. The summed E-state index contributed by atoms with van der Waals surface area (Å²) in [6.45, 7) is 7.58. The van der Waals surface area contributed by atoms with Crippen LogP contribution in [0, 0.1) is 12.3 Å². The first-order chi connectivity index (χ1) is 9.33. The van der Waals surface area contributed by atoms with E-state index in [-0.39, 0.29) is 11.5 Å². The number of rotatable bonds is 4. The van der Waals surface area contributed by atoms with Gasteiger partial charge < -0.3 is 5.32 Å². The highest BCUT2D eigenvalue weighted by Crippen LogP contribution is 2.29. The van der Waals surface area contributed by atoms with E-state index in [2.05, 4.69) is 23.9 Å². The third kappa shape index (κ3) is 3.40. The van der Waals surface area contributed by atoms with Crippen molar-refractivity contribution in [2.75, 3.05) is 13.1 Å². The Morgan fingerprint density at radius 1 is 1.35 bits per heavy atom. The minimum absolute atomic E-state index is 0.118. The zero-order chi connectivity index (χ0) is 14.8. The van der Waals surface area contributed by atoms with Crippen molar-refractivity contribution in [2.24, 2.45) is 5.41 Å². The van der Waals surface area contributed by atoms with E-state index in [1.54, 1.807) is 12.1 Å². The Hall–Kier alpha value is -0.910. The van der Waals surface area contributed by atoms with E-state index in [9.17, 15) is 8.42 Å². The molecule has 5 heteroatoms. The fourth-order valence-corrected chi connectivity index (χ4v) is 4.04. The Balaban J connectivity index is 2.08. The molecule has 1 fully saturated rings. The molecule has 2 N–H and O–H groups in total. The maximum absolute atomic E-state index is 12.4. The zero-order valence-electron chi connectivity index (χ0n) is 12.4.